The van der Waals surface area contributed by atoms with E-state index in [1.165, 1.54) is 22.5 Å². The molecule has 3 nitrogen and oxygen atoms in total. The highest BCUT2D eigenvalue weighted by Gasteiger charge is 2.13. The lowest BCUT2D eigenvalue weighted by Gasteiger charge is -2.13. The first-order valence-electron chi connectivity index (χ1n) is 6.07. The highest BCUT2D eigenvalue weighted by molar-refractivity contribution is 7.11. The SMILES string of the molecule is CCc1cccc(CC)c1NC(=O)c1nccs1. The minimum Gasteiger partial charge on any atom is -0.319 e. The second-order valence-electron chi connectivity index (χ2n) is 3.95. The van der Waals surface area contributed by atoms with Crippen molar-refractivity contribution in [1.29, 1.82) is 0 Å². The Hall–Kier alpha value is -1.68. The molecule has 1 heterocycles. The molecule has 0 bridgehead atoms. The van der Waals surface area contributed by atoms with Gasteiger partial charge in [-0.2, -0.15) is 0 Å². The fraction of sp³-hybridized carbons (Fsp3) is 0.286. The number of nitrogens with one attached hydrogen (secondary N) is 1. The van der Waals surface area contributed by atoms with Gasteiger partial charge in [-0.05, 0) is 24.0 Å². The van der Waals surface area contributed by atoms with Crippen molar-refractivity contribution in [3.8, 4) is 0 Å². The first kappa shape index (κ1) is 12.8. The molecule has 1 aromatic carbocycles. The van der Waals surface area contributed by atoms with E-state index in [2.05, 4.69) is 36.3 Å². The van der Waals surface area contributed by atoms with Crippen LogP contribution in [0.5, 0.6) is 0 Å². The van der Waals surface area contributed by atoms with Gasteiger partial charge >= 0.3 is 0 Å². The van der Waals surface area contributed by atoms with E-state index in [9.17, 15) is 4.79 Å². The van der Waals surface area contributed by atoms with Gasteiger partial charge in [0.2, 0.25) is 0 Å². The largest absolute Gasteiger partial charge is 0.319 e. The Morgan fingerprint density at radius 3 is 2.44 bits per heavy atom. The summed E-state index contributed by atoms with van der Waals surface area (Å²) < 4.78 is 0. The second kappa shape index (κ2) is 5.78. The highest BCUT2D eigenvalue weighted by atomic mass is 32.1. The van der Waals surface area contributed by atoms with E-state index >= 15 is 0 Å². The number of hydrogen-bond acceptors (Lipinski definition) is 3. The summed E-state index contributed by atoms with van der Waals surface area (Å²) in [5.74, 6) is -0.124. The third-order valence-electron chi connectivity index (χ3n) is 2.86. The summed E-state index contributed by atoms with van der Waals surface area (Å²) in [6.07, 6.45) is 3.45. The van der Waals surface area contributed by atoms with Gasteiger partial charge in [0.15, 0.2) is 5.01 Å². The third-order valence-corrected chi connectivity index (χ3v) is 3.64. The molecular formula is C14H16N2OS. The van der Waals surface area contributed by atoms with Crippen LogP contribution in [-0.2, 0) is 12.8 Å². The molecule has 1 N–H and O–H groups in total. The first-order valence-corrected chi connectivity index (χ1v) is 6.95. The van der Waals surface area contributed by atoms with Gasteiger partial charge in [0.1, 0.15) is 0 Å². The van der Waals surface area contributed by atoms with Crippen LogP contribution in [0.2, 0.25) is 0 Å². The number of aromatic nitrogens is 1. The van der Waals surface area contributed by atoms with Gasteiger partial charge in [0.25, 0.3) is 5.91 Å². The molecule has 1 aromatic heterocycles. The molecule has 0 saturated carbocycles. The van der Waals surface area contributed by atoms with E-state index in [1.54, 1.807) is 11.6 Å². The lowest BCUT2D eigenvalue weighted by Crippen LogP contribution is -2.14. The molecule has 0 spiro atoms. The average Bonchev–Trinajstić information content (AvgIpc) is 2.93. The van der Waals surface area contributed by atoms with Gasteiger partial charge in [-0.1, -0.05) is 32.0 Å². The summed E-state index contributed by atoms with van der Waals surface area (Å²) in [4.78, 5) is 16.1. The molecular weight excluding hydrogens is 244 g/mol. The number of benzene rings is 1. The number of carbonyl (C=O) groups excluding carboxylic acids is 1. The quantitative estimate of drug-likeness (QED) is 0.914. The minimum atomic E-state index is -0.124. The zero-order valence-corrected chi connectivity index (χ0v) is 11.4. The Bertz CT molecular complexity index is 512. The van der Waals surface area contributed by atoms with Crippen LogP contribution in [0.15, 0.2) is 29.8 Å². The third kappa shape index (κ3) is 2.59. The molecule has 18 heavy (non-hydrogen) atoms. The standard InChI is InChI=1S/C14H16N2OS/c1-3-10-6-5-7-11(4-2)12(10)16-13(17)14-15-8-9-18-14/h5-9H,3-4H2,1-2H3,(H,16,17). The number of aryl methyl sites for hydroxylation is 2. The maximum atomic E-state index is 12.0. The molecule has 0 aliphatic heterocycles. The molecule has 0 unspecified atom stereocenters. The monoisotopic (exact) mass is 260 g/mol. The van der Waals surface area contributed by atoms with Crippen LogP contribution >= 0.6 is 11.3 Å². The number of nitrogens with zero attached hydrogens (tertiary/aromatic N) is 1. The van der Waals surface area contributed by atoms with Crippen molar-refractivity contribution in [2.75, 3.05) is 5.32 Å². The fourth-order valence-electron chi connectivity index (χ4n) is 1.91. The molecule has 0 saturated heterocycles. The van der Waals surface area contributed by atoms with Gasteiger partial charge in [-0.3, -0.25) is 4.79 Å². The fourth-order valence-corrected chi connectivity index (χ4v) is 2.44. The van der Waals surface area contributed by atoms with Gasteiger partial charge in [-0.25, -0.2) is 4.98 Å². The van der Waals surface area contributed by atoms with Crippen LogP contribution in [0.1, 0.15) is 34.8 Å². The van der Waals surface area contributed by atoms with E-state index in [4.69, 9.17) is 0 Å². The summed E-state index contributed by atoms with van der Waals surface area (Å²) in [7, 11) is 0. The molecule has 0 fully saturated rings. The summed E-state index contributed by atoms with van der Waals surface area (Å²) >= 11 is 1.35. The smallest absolute Gasteiger partial charge is 0.284 e. The van der Waals surface area contributed by atoms with E-state index in [0.29, 0.717) is 5.01 Å². The minimum absolute atomic E-state index is 0.124. The zero-order chi connectivity index (χ0) is 13.0. The molecule has 94 valence electrons. The Balaban J connectivity index is 2.30. The van der Waals surface area contributed by atoms with E-state index in [-0.39, 0.29) is 5.91 Å². The van der Waals surface area contributed by atoms with Crippen molar-refractivity contribution in [3.05, 3.63) is 45.9 Å². The van der Waals surface area contributed by atoms with Gasteiger partial charge in [0.05, 0.1) is 0 Å². The predicted octanol–water partition coefficient (Wildman–Crippen LogP) is 3.52. The van der Waals surface area contributed by atoms with Crippen LogP contribution < -0.4 is 5.32 Å². The van der Waals surface area contributed by atoms with Crippen LogP contribution in [0.3, 0.4) is 0 Å². The average molecular weight is 260 g/mol. The van der Waals surface area contributed by atoms with E-state index in [1.807, 2.05) is 6.07 Å². The summed E-state index contributed by atoms with van der Waals surface area (Å²) in [6, 6.07) is 6.14. The summed E-state index contributed by atoms with van der Waals surface area (Å²) in [5, 5.41) is 5.30. The van der Waals surface area contributed by atoms with Crippen molar-refractivity contribution in [1.82, 2.24) is 4.98 Å². The molecule has 1 amide bonds. The van der Waals surface area contributed by atoms with E-state index in [0.717, 1.165) is 18.5 Å². The van der Waals surface area contributed by atoms with E-state index < -0.39 is 0 Å². The van der Waals surface area contributed by atoms with Crippen molar-refractivity contribution in [2.45, 2.75) is 26.7 Å². The van der Waals surface area contributed by atoms with Crippen LogP contribution in [-0.4, -0.2) is 10.9 Å². The maximum Gasteiger partial charge on any atom is 0.284 e. The molecule has 0 radical (unpaired) electrons. The molecule has 4 heteroatoms. The molecule has 0 aliphatic carbocycles. The number of amides is 1. The molecule has 2 rings (SSSR count). The van der Waals surface area contributed by atoms with Crippen molar-refractivity contribution in [2.24, 2.45) is 0 Å². The number of hydrogen-bond donors (Lipinski definition) is 1. The molecule has 2 aromatic rings. The Morgan fingerprint density at radius 1 is 1.28 bits per heavy atom. The number of anilines is 1. The van der Waals surface area contributed by atoms with Gasteiger partial charge in [-0.15, -0.1) is 11.3 Å². The summed E-state index contributed by atoms with van der Waals surface area (Å²) in [5.41, 5.74) is 3.28. The second-order valence-corrected chi connectivity index (χ2v) is 4.84. The number of rotatable bonds is 4. The van der Waals surface area contributed by atoms with Crippen LogP contribution in [0.4, 0.5) is 5.69 Å². The number of carbonyl (C=O) groups is 1. The summed E-state index contributed by atoms with van der Waals surface area (Å²) in [6.45, 7) is 4.18. The molecule has 0 atom stereocenters. The lowest BCUT2D eigenvalue weighted by molar-refractivity contribution is 0.102. The first-order chi connectivity index (χ1) is 8.76. The Labute approximate surface area is 111 Å². The number of para-hydroxylation sites is 1. The van der Waals surface area contributed by atoms with Crippen molar-refractivity contribution >= 4 is 22.9 Å². The van der Waals surface area contributed by atoms with Gasteiger partial charge in [0, 0.05) is 17.3 Å². The Kier molecular flexibility index (Phi) is 4.10. The maximum absolute atomic E-state index is 12.0. The van der Waals surface area contributed by atoms with Gasteiger partial charge < -0.3 is 5.32 Å². The van der Waals surface area contributed by atoms with Crippen LogP contribution in [0.25, 0.3) is 0 Å². The number of thiazole rings is 1. The normalized spacial score (nSPS) is 10.3. The topological polar surface area (TPSA) is 42.0 Å². The predicted molar refractivity (Wildman–Crippen MR) is 75.3 cm³/mol. The van der Waals surface area contributed by atoms with Crippen LogP contribution in [0, 0.1) is 0 Å². The highest BCUT2D eigenvalue weighted by Crippen LogP contribution is 2.23. The zero-order valence-electron chi connectivity index (χ0n) is 10.6. The van der Waals surface area contributed by atoms with Crippen molar-refractivity contribution in [3.63, 3.8) is 0 Å². The Morgan fingerprint density at radius 2 is 1.94 bits per heavy atom. The lowest BCUT2D eigenvalue weighted by atomic mass is 10.0. The van der Waals surface area contributed by atoms with Crippen molar-refractivity contribution < 1.29 is 4.79 Å². The molecule has 0 aliphatic rings.